The zero-order chi connectivity index (χ0) is 14.8. The van der Waals surface area contributed by atoms with Gasteiger partial charge in [-0.1, -0.05) is 27.7 Å². The molecule has 2 aromatic heterocycles. The first-order valence-corrected chi connectivity index (χ1v) is 8.20. The van der Waals surface area contributed by atoms with Crippen molar-refractivity contribution in [1.29, 1.82) is 0 Å². The number of halogens is 1. The van der Waals surface area contributed by atoms with Gasteiger partial charge >= 0.3 is 0 Å². The number of hydrogen-bond donors (Lipinski definition) is 1. The number of nitrogens with one attached hydrogen (secondary N) is 1. The molecule has 0 aliphatic carbocycles. The van der Waals surface area contributed by atoms with E-state index in [1.807, 2.05) is 17.4 Å². The summed E-state index contributed by atoms with van der Waals surface area (Å²) in [5, 5.41) is 3.98. The SMILES string of the molecule is CCCNC(c1ccc(Cl)o1)c1ccc(C(C)(C)C)s1. The molecule has 110 valence electrons. The Morgan fingerprint density at radius 2 is 2.00 bits per heavy atom. The van der Waals surface area contributed by atoms with Crippen LogP contribution in [-0.2, 0) is 5.41 Å². The molecule has 1 N–H and O–H groups in total. The summed E-state index contributed by atoms with van der Waals surface area (Å²) in [6.45, 7) is 9.82. The summed E-state index contributed by atoms with van der Waals surface area (Å²) in [7, 11) is 0. The van der Waals surface area contributed by atoms with Gasteiger partial charge in [0, 0.05) is 9.75 Å². The van der Waals surface area contributed by atoms with Crippen molar-refractivity contribution in [2.75, 3.05) is 6.54 Å². The lowest BCUT2D eigenvalue weighted by molar-refractivity contribution is 0.451. The lowest BCUT2D eigenvalue weighted by Crippen LogP contribution is -2.21. The smallest absolute Gasteiger partial charge is 0.193 e. The average Bonchev–Trinajstić information content (AvgIpc) is 2.99. The van der Waals surface area contributed by atoms with Crippen LogP contribution in [0, 0.1) is 0 Å². The van der Waals surface area contributed by atoms with E-state index in [0.29, 0.717) is 5.22 Å². The highest BCUT2D eigenvalue weighted by atomic mass is 35.5. The van der Waals surface area contributed by atoms with Crippen molar-refractivity contribution >= 4 is 22.9 Å². The Morgan fingerprint density at radius 1 is 1.25 bits per heavy atom. The molecule has 2 nitrogen and oxygen atoms in total. The van der Waals surface area contributed by atoms with Gasteiger partial charge in [0.25, 0.3) is 0 Å². The Balaban J connectivity index is 2.29. The highest BCUT2D eigenvalue weighted by Crippen LogP contribution is 2.35. The second-order valence-corrected chi connectivity index (χ2v) is 7.47. The molecule has 0 fully saturated rings. The molecule has 20 heavy (non-hydrogen) atoms. The van der Waals surface area contributed by atoms with E-state index in [-0.39, 0.29) is 11.5 Å². The quantitative estimate of drug-likeness (QED) is 0.801. The molecule has 2 aromatic rings. The fourth-order valence-electron chi connectivity index (χ4n) is 2.02. The molecule has 0 amide bonds. The Morgan fingerprint density at radius 3 is 2.50 bits per heavy atom. The lowest BCUT2D eigenvalue weighted by atomic mass is 9.95. The Kier molecular flexibility index (Phi) is 4.95. The zero-order valence-electron chi connectivity index (χ0n) is 12.5. The summed E-state index contributed by atoms with van der Waals surface area (Å²) in [5.74, 6) is 0.880. The summed E-state index contributed by atoms with van der Waals surface area (Å²) in [5.41, 5.74) is 0.180. The average molecular weight is 312 g/mol. The van der Waals surface area contributed by atoms with Gasteiger partial charge in [-0.2, -0.15) is 0 Å². The molecule has 0 spiro atoms. The minimum atomic E-state index is 0.0866. The van der Waals surface area contributed by atoms with Crippen molar-refractivity contribution in [3.8, 4) is 0 Å². The number of thiophene rings is 1. The maximum Gasteiger partial charge on any atom is 0.193 e. The molecule has 0 aliphatic heterocycles. The summed E-state index contributed by atoms with van der Waals surface area (Å²) in [4.78, 5) is 2.66. The van der Waals surface area contributed by atoms with Gasteiger partial charge in [-0.25, -0.2) is 0 Å². The fourth-order valence-corrected chi connectivity index (χ4v) is 3.33. The molecule has 0 saturated carbocycles. The van der Waals surface area contributed by atoms with Gasteiger partial charge < -0.3 is 9.73 Å². The molecule has 0 saturated heterocycles. The van der Waals surface area contributed by atoms with Gasteiger partial charge in [-0.3, -0.25) is 0 Å². The predicted octanol–water partition coefficient (Wildman–Crippen LogP) is 5.38. The van der Waals surface area contributed by atoms with Crippen LogP contribution in [0.15, 0.2) is 28.7 Å². The molecule has 4 heteroatoms. The first-order chi connectivity index (χ1) is 9.41. The highest BCUT2D eigenvalue weighted by molar-refractivity contribution is 7.12. The van der Waals surface area contributed by atoms with Crippen molar-refractivity contribution in [3.05, 3.63) is 45.0 Å². The Bertz CT molecular complexity index is 553. The molecule has 0 aliphatic rings. The van der Waals surface area contributed by atoms with E-state index in [0.717, 1.165) is 18.7 Å². The Hall–Kier alpha value is -0.770. The summed E-state index contributed by atoms with van der Waals surface area (Å²) >= 11 is 7.75. The third kappa shape index (κ3) is 3.66. The molecule has 0 aromatic carbocycles. The second-order valence-electron chi connectivity index (χ2n) is 5.98. The van der Waals surface area contributed by atoms with E-state index in [1.165, 1.54) is 9.75 Å². The van der Waals surface area contributed by atoms with Crippen LogP contribution in [0.25, 0.3) is 0 Å². The first kappa shape index (κ1) is 15.6. The number of furan rings is 1. The summed E-state index contributed by atoms with van der Waals surface area (Å²) in [6, 6.07) is 8.24. The van der Waals surface area contributed by atoms with Gasteiger partial charge in [0.2, 0.25) is 0 Å². The van der Waals surface area contributed by atoms with E-state index in [1.54, 1.807) is 6.07 Å². The van der Waals surface area contributed by atoms with E-state index < -0.39 is 0 Å². The van der Waals surface area contributed by atoms with E-state index in [9.17, 15) is 0 Å². The molecule has 0 bridgehead atoms. The van der Waals surface area contributed by atoms with Crippen LogP contribution in [0.1, 0.15) is 55.7 Å². The lowest BCUT2D eigenvalue weighted by Gasteiger charge is -2.17. The summed E-state index contributed by atoms with van der Waals surface area (Å²) < 4.78 is 5.60. The maximum atomic E-state index is 5.91. The number of hydrogen-bond acceptors (Lipinski definition) is 3. The molecular formula is C16H22ClNOS. The van der Waals surface area contributed by atoms with Gasteiger partial charge in [0.05, 0.1) is 0 Å². The molecule has 0 radical (unpaired) electrons. The summed E-state index contributed by atoms with van der Waals surface area (Å²) in [6.07, 6.45) is 1.09. The molecule has 1 atom stereocenters. The van der Waals surface area contributed by atoms with Gasteiger partial charge in [0.1, 0.15) is 11.8 Å². The van der Waals surface area contributed by atoms with Gasteiger partial charge in [0.15, 0.2) is 5.22 Å². The van der Waals surface area contributed by atoms with Crippen molar-refractivity contribution in [1.82, 2.24) is 5.32 Å². The molecule has 2 rings (SSSR count). The zero-order valence-corrected chi connectivity index (χ0v) is 14.1. The third-order valence-corrected chi connectivity index (χ3v) is 4.91. The molecule has 1 unspecified atom stereocenters. The second kappa shape index (κ2) is 6.33. The van der Waals surface area contributed by atoms with Crippen LogP contribution in [0.5, 0.6) is 0 Å². The van der Waals surface area contributed by atoms with Crippen molar-refractivity contribution in [2.45, 2.75) is 45.6 Å². The van der Waals surface area contributed by atoms with Crippen LogP contribution in [0.2, 0.25) is 5.22 Å². The van der Waals surface area contributed by atoms with Gasteiger partial charge in [-0.15, -0.1) is 11.3 Å². The van der Waals surface area contributed by atoms with Crippen molar-refractivity contribution < 1.29 is 4.42 Å². The van der Waals surface area contributed by atoms with Crippen LogP contribution >= 0.6 is 22.9 Å². The van der Waals surface area contributed by atoms with Crippen LogP contribution < -0.4 is 5.32 Å². The van der Waals surface area contributed by atoms with Crippen LogP contribution in [0.4, 0.5) is 0 Å². The minimum Gasteiger partial charge on any atom is -0.448 e. The maximum absolute atomic E-state index is 5.91. The largest absolute Gasteiger partial charge is 0.448 e. The number of rotatable bonds is 5. The molecule has 2 heterocycles. The Labute approximate surface area is 130 Å². The minimum absolute atomic E-state index is 0.0866. The first-order valence-electron chi connectivity index (χ1n) is 7.00. The standard InChI is InChI=1S/C16H22ClNOS/c1-5-10-18-15(11-6-9-14(17)19-11)12-7-8-13(20-12)16(2,3)4/h6-9,15,18H,5,10H2,1-4H3. The monoisotopic (exact) mass is 311 g/mol. The van der Waals surface area contributed by atoms with Crippen molar-refractivity contribution in [3.63, 3.8) is 0 Å². The van der Waals surface area contributed by atoms with Crippen LogP contribution in [-0.4, -0.2) is 6.54 Å². The predicted molar refractivity (Wildman–Crippen MR) is 86.9 cm³/mol. The van der Waals surface area contributed by atoms with E-state index >= 15 is 0 Å². The topological polar surface area (TPSA) is 25.2 Å². The van der Waals surface area contributed by atoms with Gasteiger partial charge in [-0.05, 0) is 54.2 Å². The normalized spacial score (nSPS) is 13.7. The molecular weight excluding hydrogens is 290 g/mol. The van der Waals surface area contributed by atoms with E-state index in [4.69, 9.17) is 16.0 Å². The van der Waals surface area contributed by atoms with Crippen LogP contribution in [0.3, 0.4) is 0 Å². The third-order valence-electron chi connectivity index (χ3n) is 3.13. The van der Waals surface area contributed by atoms with E-state index in [2.05, 4.69) is 45.1 Å². The fraction of sp³-hybridized carbons (Fsp3) is 0.500. The van der Waals surface area contributed by atoms with Crippen molar-refractivity contribution in [2.24, 2.45) is 0 Å². The highest BCUT2D eigenvalue weighted by Gasteiger charge is 2.22.